The van der Waals surface area contributed by atoms with E-state index in [1.165, 1.54) is 37.8 Å². The van der Waals surface area contributed by atoms with Crippen molar-refractivity contribution in [2.45, 2.75) is 46.0 Å². The van der Waals surface area contributed by atoms with Crippen LogP contribution in [0.4, 0.5) is 8.78 Å². The maximum atomic E-state index is 14.1. The highest BCUT2D eigenvalue weighted by atomic mass is 19.2. The van der Waals surface area contributed by atoms with Crippen molar-refractivity contribution < 1.29 is 18.3 Å². The average molecular weight is 324 g/mol. The van der Waals surface area contributed by atoms with E-state index in [2.05, 4.69) is 6.92 Å². The molecule has 3 rings (SSSR count). The van der Waals surface area contributed by atoms with Gasteiger partial charge in [-0.3, -0.25) is 0 Å². The Kier molecular flexibility index (Phi) is 5.08. The fraction of sp³-hybridized carbons (Fsp3) is 0.684. The number of rotatable bonds is 6. The van der Waals surface area contributed by atoms with Crippen LogP contribution in [0.3, 0.4) is 0 Å². The fourth-order valence-corrected chi connectivity index (χ4v) is 4.64. The minimum atomic E-state index is -0.958. The SMILES string of the molecule is CCOc1ccc(OCC2CCC3C(CC)CCC23)c(F)c1F. The van der Waals surface area contributed by atoms with E-state index in [0.29, 0.717) is 25.0 Å². The Balaban J connectivity index is 1.62. The number of ether oxygens (including phenoxy) is 2. The monoisotopic (exact) mass is 324 g/mol. The summed E-state index contributed by atoms with van der Waals surface area (Å²) in [7, 11) is 0. The fourth-order valence-electron chi connectivity index (χ4n) is 4.64. The Morgan fingerprint density at radius 3 is 2.04 bits per heavy atom. The summed E-state index contributed by atoms with van der Waals surface area (Å²) in [6, 6.07) is 2.91. The van der Waals surface area contributed by atoms with Crippen molar-refractivity contribution in [3.05, 3.63) is 23.8 Å². The number of benzene rings is 1. The molecule has 0 N–H and O–H groups in total. The molecule has 0 aromatic heterocycles. The molecular weight excluding hydrogens is 298 g/mol. The zero-order valence-corrected chi connectivity index (χ0v) is 14.0. The third-order valence-corrected chi connectivity index (χ3v) is 5.79. The lowest BCUT2D eigenvalue weighted by atomic mass is 9.88. The van der Waals surface area contributed by atoms with E-state index in [-0.39, 0.29) is 11.5 Å². The first-order chi connectivity index (χ1) is 11.2. The molecule has 0 amide bonds. The van der Waals surface area contributed by atoms with Gasteiger partial charge in [0.15, 0.2) is 11.5 Å². The van der Waals surface area contributed by atoms with Crippen LogP contribution in [0, 0.1) is 35.3 Å². The highest BCUT2D eigenvalue weighted by Gasteiger charge is 2.44. The Bertz CT molecular complexity index is 546. The highest BCUT2D eigenvalue weighted by molar-refractivity contribution is 5.35. The van der Waals surface area contributed by atoms with Crippen LogP contribution in [0.1, 0.15) is 46.0 Å². The second-order valence-corrected chi connectivity index (χ2v) is 6.84. The first kappa shape index (κ1) is 16.5. The molecule has 2 saturated carbocycles. The first-order valence-electron chi connectivity index (χ1n) is 8.89. The third-order valence-electron chi connectivity index (χ3n) is 5.79. The van der Waals surface area contributed by atoms with Crippen LogP contribution in [-0.2, 0) is 0 Å². The lowest BCUT2D eigenvalue weighted by molar-refractivity contribution is 0.193. The maximum absolute atomic E-state index is 14.1. The molecule has 2 fully saturated rings. The molecule has 4 heteroatoms. The van der Waals surface area contributed by atoms with E-state index in [9.17, 15) is 8.78 Å². The zero-order chi connectivity index (χ0) is 16.4. The minimum absolute atomic E-state index is 0.000517. The molecule has 4 atom stereocenters. The van der Waals surface area contributed by atoms with E-state index in [1.807, 2.05) is 0 Å². The van der Waals surface area contributed by atoms with Gasteiger partial charge in [-0.15, -0.1) is 0 Å². The number of hydrogen-bond donors (Lipinski definition) is 0. The van der Waals surface area contributed by atoms with Crippen LogP contribution in [-0.4, -0.2) is 13.2 Å². The van der Waals surface area contributed by atoms with Gasteiger partial charge in [0.05, 0.1) is 13.2 Å². The molecular formula is C19H26F2O2. The van der Waals surface area contributed by atoms with Crippen molar-refractivity contribution in [1.82, 2.24) is 0 Å². The van der Waals surface area contributed by atoms with Crippen LogP contribution < -0.4 is 9.47 Å². The second kappa shape index (κ2) is 7.06. The molecule has 0 aliphatic heterocycles. The minimum Gasteiger partial charge on any atom is -0.491 e. The predicted molar refractivity (Wildman–Crippen MR) is 85.7 cm³/mol. The summed E-state index contributed by atoms with van der Waals surface area (Å²) in [4.78, 5) is 0. The zero-order valence-electron chi connectivity index (χ0n) is 14.0. The van der Waals surface area contributed by atoms with Crippen molar-refractivity contribution in [2.24, 2.45) is 23.7 Å². The molecule has 0 heterocycles. The predicted octanol–water partition coefficient (Wildman–Crippen LogP) is 5.20. The Morgan fingerprint density at radius 1 is 0.870 bits per heavy atom. The lowest BCUT2D eigenvalue weighted by Crippen LogP contribution is -2.19. The molecule has 4 unspecified atom stereocenters. The van der Waals surface area contributed by atoms with Gasteiger partial charge in [-0.1, -0.05) is 13.3 Å². The number of hydrogen-bond acceptors (Lipinski definition) is 2. The first-order valence-corrected chi connectivity index (χ1v) is 8.89. The molecule has 1 aromatic rings. The molecule has 0 radical (unpaired) electrons. The van der Waals surface area contributed by atoms with Crippen LogP contribution >= 0.6 is 0 Å². The normalized spacial score (nSPS) is 29.6. The van der Waals surface area contributed by atoms with E-state index < -0.39 is 11.6 Å². The van der Waals surface area contributed by atoms with Gasteiger partial charge in [-0.25, -0.2) is 0 Å². The van der Waals surface area contributed by atoms with Crippen molar-refractivity contribution >= 4 is 0 Å². The summed E-state index contributed by atoms with van der Waals surface area (Å²) in [6.07, 6.45) is 6.24. The third kappa shape index (κ3) is 3.17. The van der Waals surface area contributed by atoms with Crippen molar-refractivity contribution in [1.29, 1.82) is 0 Å². The molecule has 0 spiro atoms. The molecule has 0 saturated heterocycles. The average Bonchev–Trinajstić information content (AvgIpc) is 3.13. The van der Waals surface area contributed by atoms with Crippen LogP contribution in [0.15, 0.2) is 12.1 Å². The van der Waals surface area contributed by atoms with Crippen LogP contribution in [0.2, 0.25) is 0 Å². The van der Waals surface area contributed by atoms with Gasteiger partial charge in [0.1, 0.15) is 0 Å². The Labute approximate surface area is 137 Å². The molecule has 2 aliphatic rings. The quantitative estimate of drug-likeness (QED) is 0.715. The van der Waals surface area contributed by atoms with E-state index >= 15 is 0 Å². The van der Waals surface area contributed by atoms with Gasteiger partial charge >= 0.3 is 0 Å². The summed E-state index contributed by atoms with van der Waals surface area (Å²) in [6.45, 7) is 4.81. The van der Waals surface area contributed by atoms with Gasteiger partial charge in [-0.05, 0) is 68.4 Å². The number of halogens is 2. The Morgan fingerprint density at radius 2 is 1.43 bits per heavy atom. The summed E-state index contributed by atoms with van der Waals surface area (Å²) in [5.74, 6) is 0.893. The molecule has 2 aliphatic carbocycles. The summed E-state index contributed by atoms with van der Waals surface area (Å²) in [5.41, 5.74) is 0. The van der Waals surface area contributed by atoms with Gasteiger partial charge < -0.3 is 9.47 Å². The maximum Gasteiger partial charge on any atom is 0.204 e. The lowest BCUT2D eigenvalue weighted by Gasteiger charge is -2.20. The van der Waals surface area contributed by atoms with E-state index in [0.717, 1.165) is 18.3 Å². The van der Waals surface area contributed by atoms with Crippen molar-refractivity contribution in [3.63, 3.8) is 0 Å². The molecule has 23 heavy (non-hydrogen) atoms. The van der Waals surface area contributed by atoms with Crippen molar-refractivity contribution in [3.8, 4) is 11.5 Å². The van der Waals surface area contributed by atoms with Crippen LogP contribution in [0.5, 0.6) is 11.5 Å². The van der Waals surface area contributed by atoms with Crippen LogP contribution in [0.25, 0.3) is 0 Å². The summed E-state index contributed by atoms with van der Waals surface area (Å²) < 4.78 is 38.6. The largest absolute Gasteiger partial charge is 0.491 e. The van der Waals surface area contributed by atoms with Gasteiger partial charge in [-0.2, -0.15) is 8.78 Å². The Hall–Kier alpha value is -1.32. The molecule has 128 valence electrons. The van der Waals surface area contributed by atoms with Gasteiger partial charge in [0, 0.05) is 0 Å². The summed E-state index contributed by atoms with van der Waals surface area (Å²) in [5, 5.41) is 0. The van der Waals surface area contributed by atoms with Gasteiger partial charge in [0.25, 0.3) is 0 Å². The topological polar surface area (TPSA) is 18.5 Å². The summed E-state index contributed by atoms with van der Waals surface area (Å²) >= 11 is 0. The highest BCUT2D eigenvalue weighted by Crippen LogP contribution is 2.51. The molecule has 0 bridgehead atoms. The molecule has 2 nitrogen and oxygen atoms in total. The smallest absolute Gasteiger partial charge is 0.204 e. The van der Waals surface area contributed by atoms with E-state index in [1.54, 1.807) is 6.92 Å². The van der Waals surface area contributed by atoms with Gasteiger partial charge in [0.2, 0.25) is 11.6 Å². The standard InChI is InChI=1S/C19H26F2O2/c1-3-12-5-7-15-13(6-8-14(12)15)11-23-17-10-9-16(22-4-2)18(20)19(17)21/h9-10,12-15H,3-8,11H2,1-2H3. The van der Waals surface area contributed by atoms with E-state index in [4.69, 9.17) is 9.47 Å². The number of fused-ring (bicyclic) bond motifs is 1. The second-order valence-electron chi connectivity index (χ2n) is 6.84. The molecule has 1 aromatic carbocycles. The van der Waals surface area contributed by atoms with Crippen molar-refractivity contribution in [2.75, 3.05) is 13.2 Å².